The van der Waals surface area contributed by atoms with E-state index in [1.807, 2.05) is 36.6 Å². The third kappa shape index (κ3) is 6.73. The number of carbonyl (C=O) groups excluding carboxylic acids is 1. The zero-order chi connectivity index (χ0) is 25.5. The highest BCUT2D eigenvalue weighted by Crippen LogP contribution is 2.35. The van der Waals surface area contributed by atoms with Crippen LogP contribution in [-0.4, -0.2) is 66.7 Å². The van der Waals surface area contributed by atoms with Crippen LogP contribution in [0.25, 0.3) is 0 Å². The van der Waals surface area contributed by atoms with Crippen LogP contribution in [0, 0.1) is 0 Å². The van der Waals surface area contributed by atoms with Gasteiger partial charge in [0.1, 0.15) is 18.8 Å². The van der Waals surface area contributed by atoms with Crippen molar-refractivity contribution in [3.8, 4) is 11.5 Å². The van der Waals surface area contributed by atoms with Gasteiger partial charge in [0.05, 0.1) is 0 Å². The largest absolute Gasteiger partial charge is 0.486 e. The number of carbonyl (C=O) groups is 1. The zero-order valence-corrected chi connectivity index (χ0v) is 22.1. The number of benzene rings is 2. The van der Waals surface area contributed by atoms with E-state index in [0.29, 0.717) is 18.9 Å². The molecule has 4 N–H and O–H groups in total. The summed E-state index contributed by atoms with van der Waals surface area (Å²) in [7, 11) is 0. The lowest BCUT2D eigenvalue weighted by molar-refractivity contribution is -0.124. The van der Waals surface area contributed by atoms with E-state index < -0.39 is 18.2 Å². The van der Waals surface area contributed by atoms with Gasteiger partial charge in [0.15, 0.2) is 17.6 Å². The van der Waals surface area contributed by atoms with Crippen LogP contribution in [0.15, 0.2) is 47.4 Å². The molecule has 1 saturated heterocycles. The first kappa shape index (κ1) is 26.8. The fraction of sp³-hybridized carbons (Fsp3) is 0.536. The molecular weight excluding hydrogens is 474 g/mol. The summed E-state index contributed by atoms with van der Waals surface area (Å²) < 4.78 is 11.8. The second kappa shape index (κ2) is 12.8. The number of nitrogens with zero attached hydrogens (tertiary/aromatic N) is 1. The van der Waals surface area contributed by atoms with Crippen LogP contribution in [0.3, 0.4) is 0 Å². The monoisotopic (exact) mass is 513 g/mol. The average molecular weight is 514 g/mol. The van der Waals surface area contributed by atoms with Gasteiger partial charge in [0.25, 0.3) is 0 Å². The highest BCUT2D eigenvalue weighted by atomic mass is 32.2. The molecule has 8 heteroatoms. The van der Waals surface area contributed by atoms with Gasteiger partial charge in [-0.3, -0.25) is 9.69 Å². The van der Waals surface area contributed by atoms with E-state index in [9.17, 15) is 9.90 Å². The Kier molecular flexibility index (Phi) is 9.53. The van der Waals surface area contributed by atoms with Crippen LogP contribution in [0.1, 0.15) is 49.8 Å². The average Bonchev–Trinajstić information content (AvgIpc) is 2.91. The number of aryl methyl sites for hydroxylation is 1. The molecule has 0 spiro atoms. The number of rotatable bonds is 11. The van der Waals surface area contributed by atoms with Gasteiger partial charge in [0, 0.05) is 30.6 Å². The number of thioether (sulfide) groups is 1. The molecule has 0 aliphatic carbocycles. The maximum Gasteiger partial charge on any atom is 0.239 e. The fourth-order valence-electron chi connectivity index (χ4n) is 4.97. The molecule has 0 saturated carbocycles. The SMILES string of the molecule is CCCCc1ccc(C(C(N)=O)N2CCC(NCC(O)C3COc4cc(SC)ccc4O3)CC2)cc1. The van der Waals surface area contributed by atoms with E-state index in [1.165, 1.54) is 18.4 Å². The van der Waals surface area contributed by atoms with Crippen molar-refractivity contribution < 1.29 is 19.4 Å². The van der Waals surface area contributed by atoms with Gasteiger partial charge in [-0.05, 0) is 61.3 Å². The molecule has 0 aromatic heterocycles. The van der Waals surface area contributed by atoms with E-state index >= 15 is 0 Å². The van der Waals surface area contributed by atoms with Crippen molar-refractivity contribution in [2.75, 3.05) is 32.5 Å². The highest BCUT2D eigenvalue weighted by molar-refractivity contribution is 7.98. The number of piperidine rings is 1. The Balaban J connectivity index is 1.25. The van der Waals surface area contributed by atoms with E-state index in [2.05, 4.69) is 29.3 Å². The molecule has 4 rings (SSSR count). The molecule has 196 valence electrons. The number of hydrogen-bond acceptors (Lipinski definition) is 7. The number of primary amides is 1. The molecule has 2 aromatic rings. The summed E-state index contributed by atoms with van der Waals surface area (Å²) in [6, 6.07) is 14.1. The van der Waals surface area contributed by atoms with Gasteiger partial charge in [-0.1, -0.05) is 37.6 Å². The third-order valence-electron chi connectivity index (χ3n) is 7.16. The van der Waals surface area contributed by atoms with Gasteiger partial charge >= 0.3 is 0 Å². The number of unbranched alkanes of at least 4 members (excludes halogenated alkanes) is 1. The summed E-state index contributed by atoms with van der Waals surface area (Å²) in [6.07, 6.45) is 6.09. The number of nitrogens with two attached hydrogens (primary N) is 1. The van der Waals surface area contributed by atoms with E-state index in [4.69, 9.17) is 15.2 Å². The van der Waals surface area contributed by atoms with Crippen molar-refractivity contribution in [1.82, 2.24) is 10.2 Å². The normalized spacial score (nSPS) is 20.1. The van der Waals surface area contributed by atoms with E-state index in [-0.39, 0.29) is 11.9 Å². The molecule has 2 heterocycles. The minimum Gasteiger partial charge on any atom is -0.486 e. The number of aliphatic hydroxyl groups is 1. The van der Waals surface area contributed by atoms with E-state index in [0.717, 1.165) is 48.6 Å². The Bertz CT molecular complexity index is 995. The van der Waals surface area contributed by atoms with Gasteiger partial charge < -0.3 is 25.6 Å². The van der Waals surface area contributed by atoms with Crippen molar-refractivity contribution in [2.45, 2.75) is 68.2 Å². The minimum atomic E-state index is -0.680. The zero-order valence-electron chi connectivity index (χ0n) is 21.3. The molecule has 0 radical (unpaired) electrons. The van der Waals surface area contributed by atoms with Gasteiger partial charge in [-0.25, -0.2) is 0 Å². The Morgan fingerprint density at radius 1 is 1.19 bits per heavy atom. The Hall–Kier alpha value is -2.26. The van der Waals surface area contributed by atoms with Crippen LogP contribution < -0.4 is 20.5 Å². The predicted molar refractivity (Wildman–Crippen MR) is 144 cm³/mol. The number of nitrogens with one attached hydrogen (secondary N) is 1. The summed E-state index contributed by atoms with van der Waals surface area (Å²) in [5, 5.41) is 14.2. The number of hydrogen-bond donors (Lipinski definition) is 3. The lowest BCUT2D eigenvalue weighted by Gasteiger charge is -2.37. The fourth-order valence-corrected chi connectivity index (χ4v) is 5.40. The standard InChI is InChI=1S/C28H39N3O4S/c1-3-4-5-19-6-8-20(9-7-19)27(28(29)33)31-14-12-21(13-15-31)30-17-23(32)26-18-34-25-16-22(36-2)10-11-24(25)35-26/h6-11,16,21,23,26-27,30,32H,3-5,12-15,17-18H2,1-2H3,(H2,29,33). The van der Waals surface area contributed by atoms with Gasteiger partial charge in [0.2, 0.25) is 5.91 Å². The third-order valence-corrected chi connectivity index (χ3v) is 7.88. The molecule has 2 aliphatic heterocycles. The first-order valence-electron chi connectivity index (χ1n) is 13.0. The Morgan fingerprint density at radius 3 is 2.61 bits per heavy atom. The van der Waals surface area contributed by atoms with Crippen LogP contribution in [0.5, 0.6) is 11.5 Å². The first-order chi connectivity index (χ1) is 17.5. The maximum atomic E-state index is 12.4. The second-order valence-electron chi connectivity index (χ2n) is 9.72. The van der Waals surface area contributed by atoms with Gasteiger partial charge in [-0.15, -0.1) is 11.8 Å². The van der Waals surface area contributed by atoms with Crippen molar-refractivity contribution in [3.05, 3.63) is 53.6 Å². The quantitative estimate of drug-likeness (QED) is 0.396. The molecule has 3 unspecified atom stereocenters. The van der Waals surface area contributed by atoms with Crippen molar-refractivity contribution in [3.63, 3.8) is 0 Å². The molecular formula is C28H39N3O4S. The maximum absolute atomic E-state index is 12.4. The summed E-state index contributed by atoms with van der Waals surface area (Å²) in [4.78, 5) is 15.7. The number of ether oxygens (including phenoxy) is 2. The Labute approximate surface area is 218 Å². The van der Waals surface area contributed by atoms with Crippen molar-refractivity contribution in [2.24, 2.45) is 5.73 Å². The van der Waals surface area contributed by atoms with E-state index in [1.54, 1.807) is 11.8 Å². The Morgan fingerprint density at radius 2 is 1.94 bits per heavy atom. The molecule has 1 amide bonds. The summed E-state index contributed by atoms with van der Waals surface area (Å²) >= 11 is 1.65. The topological polar surface area (TPSA) is 97.1 Å². The predicted octanol–water partition coefficient (Wildman–Crippen LogP) is 3.53. The van der Waals surface area contributed by atoms with Gasteiger partial charge in [-0.2, -0.15) is 0 Å². The molecule has 7 nitrogen and oxygen atoms in total. The highest BCUT2D eigenvalue weighted by Gasteiger charge is 2.31. The van der Waals surface area contributed by atoms with Crippen molar-refractivity contribution >= 4 is 17.7 Å². The minimum absolute atomic E-state index is 0.266. The first-order valence-corrected chi connectivity index (χ1v) is 14.2. The molecule has 2 aromatic carbocycles. The number of fused-ring (bicyclic) bond motifs is 1. The number of aliphatic hydroxyl groups excluding tert-OH is 1. The summed E-state index contributed by atoms with van der Waals surface area (Å²) in [5.41, 5.74) is 8.09. The summed E-state index contributed by atoms with van der Waals surface area (Å²) in [6.45, 7) is 4.48. The van der Waals surface area contributed by atoms with Crippen molar-refractivity contribution in [1.29, 1.82) is 0 Å². The van der Waals surface area contributed by atoms with Crippen LogP contribution >= 0.6 is 11.8 Å². The molecule has 36 heavy (non-hydrogen) atoms. The second-order valence-corrected chi connectivity index (χ2v) is 10.6. The summed E-state index contributed by atoms with van der Waals surface area (Å²) in [5.74, 6) is 1.09. The lowest BCUT2D eigenvalue weighted by atomic mass is 9.97. The lowest BCUT2D eigenvalue weighted by Crippen LogP contribution is -2.50. The molecule has 3 atom stereocenters. The molecule has 1 fully saturated rings. The number of amides is 1. The smallest absolute Gasteiger partial charge is 0.239 e. The molecule has 0 bridgehead atoms. The van der Waals surface area contributed by atoms with Crippen LogP contribution in [-0.2, 0) is 11.2 Å². The van der Waals surface area contributed by atoms with Crippen LogP contribution in [0.2, 0.25) is 0 Å². The number of likely N-dealkylation sites (tertiary alicyclic amines) is 1. The molecule has 2 aliphatic rings. The van der Waals surface area contributed by atoms with Crippen LogP contribution in [0.4, 0.5) is 0 Å².